The predicted octanol–water partition coefficient (Wildman–Crippen LogP) is 4.41. The number of fused-ring (bicyclic) bond motifs is 1. The van der Waals surface area contributed by atoms with Crippen LogP contribution in [0.3, 0.4) is 0 Å². The van der Waals surface area contributed by atoms with Gasteiger partial charge in [0.15, 0.2) is 17.3 Å². The minimum absolute atomic E-state index is 0.127. The Morgan fingerprint density at radius 1 is 1.17 bits per heavy atom. The zero-order valence-corrected chi connectivity index (χ0v) is 13.3. The van der Waals surface area contributed by atoms with Gasteiger partial charge in [-0.25, -0.2) is 0 Å². The molecule has 0 spiro atoms. The molecule has 23 heavy (non-hydrogen) atoms. The average molecular weight is 308 g/mol. The molecule has 1 aliphatic carbocycles. The van der Waals surface area contributed by atoms with Crippen LogP contribution in [-0.2, 0) is 6.42 Å². The minimum Gasteiger partial charge on any atom is -0.504 e. The first-order chi connectivity index (χ1) is 11.1. The number of carbonyl (C=O) groups excluding carboxylic acids is 1. The van der Waals surface area contributed by atoms with Gasteiger partial charge in [-0.2, -0.15) is 0 Å². The lowest BCUT2D eigenvalue weighted by Crippen LogP contribution is -2.05. The van der Waals surface area contributed by atoms with Crippen LogP contribution in [0.25, 0.3) is 6.08 Å². The summed E-state index contributed by atoms with van der Waals surface area (Å²) >= 11 is 0. The second-order valence-corrected chi connectivity index (χ2v) is 5.94. The Hall–Kier alpha value is -2.55. The van der Waals surface area contributed by atoms with Crippen LogP contribution in [0.4, 0.5) is 0 Å². The molecule has 1 aliphatic rings. The highest BCUT2D eigenvalue weighted by Gasteiger charge is 2.33. The summed E-state index contributed by atoms with van der Waals surface area (Å²) < 4.78 is 0. The fraction of sp³-hybridized carbons (Fsp3) is 0.250. The number of carbonyl (C=O) groups is 1. The van der Waals surface area contributed by atoms with Crippen molar-refractivity contribution >= 4 is 11.9 Å². The first-order valence-corrected chi connectivity index (χ1v) is 7.85. The highest BCUT2D eigenvalue weighted by Crippen LogP contribution is 2.49. The number of hydrogen-bond donors (Lipinski definition) is 2. The predicted molar refractivity (Wildman–Crippen MR) is 91.1 cm³/mol. The second kappa shape index (κ2) is 5.92. The molecule has 0 heterocycles. The third kappa shape index (κ3) is 2.42. The minimum atomic E-state index is -0.293. The van der Waals surface area contributed by atoms with Crippen molar-refractivity contribution in [3.8, 4) is 11.5 Å². The van der Waals surface area contributed by atoms with E-state index in [0.717, 1.165) is 29.5 Å². The van der Waals surface area contributed by atoms with Crippen LogP contribution in [0, 0.1) is 0 Å². The summed E-state index contributed by atoms with van der Waals surface area (Å²) in [5, 5.41) is 20.7. The van der Waals surface area contributed by atoms with E-state index in [-0.39, 0.29) is 28.8 Å². The van der Waals surface area contributed by atoms with Crippen molar-refractivity contribution in [2.45, 2.75) is 32.6 Å². The molecule has 2 aromatic rings. The van der Waals surface area contributed by atoms with Crippen LogP contribution in [0.1, 0.15) is 58.8 Å². The van der Waals surface area contributed by atoms with Gasteiger partial charge in [-0.05, 0) is 43.4 Å². The highest BCUT2D eigenvalue weighted by atomic mass is 16.3. The Morgan fingerprint density at radius 2 is 1.87 bits per heavy atom. The molecule has 0 radical (unpaired) electrons. The molecule has 1 atom stereocenters. The number of allylic oxidation sites excluding steroid dienone is 1. The van der Waals surface area contributed by atoms with Crippen LogP contribution < -0.4 is 0 Å². The van der Waals surface area contributed by atoms with E-state index in [0.29, 0.717) is 5.56 Å². The number of ketones is 1. The zero-order valence-electron chi connectivity index (χ0n) is 13.3. The van der Waals surface area contributed by atoms with Gasteiger partial charge >= 0.3 is 0 Å². The molecule has 0 amide bonds. The van der Waals surface area contributed by atoms with Crippen molar-refractivity contribution in [2.24, 2.45) is 0 Å². The standard InChI is InChI=1S/C20H20O3/c1-3-7-16-18-14(13-8-5-4-6-9-13)10-11-15(18)17(12(2)21)20(23)19(16)22/h3-9,14,22-23H,10-11H2,1-2H3/b7-3+. The molecule has 2 N–H and O–H groups in total. The Bertz CT molecular complexity index is 789. The van der Waals surface area contributed by atoms with Crippen molar-refractivity contribution in [3.63, 3.8) is 0 Å². The molecule has 0 fully saturated rings. The molecule has 0 saturated carbocycles. The summed E-state index contributed by atoms with van der Waals surface area (Å²) in [5.74, 6) is -0.579. The normalized spacial score (nSPS) is 16.7. The van der Waals surface area contributed by atoms with E-state index < -0.39 is 0 Å². The number of benzene rings is 2. The van der Waals surface area contributed by atoms with Gasteiger partial charge < -0.3 is 10.2 Å². The maximum Gasteiger partial charge on any atom is 0.169 e. The quantitative estimate of drug-likeness (QED) is 0.652. The number of hydrogen-bond acceptors (Lipinski definition) is 3. The van der Waals surface area contributed by atoms with E-state index in [2.05, 4.69) is 12.1 Å². The summed E-state index contributed by atoms with van der Waals surface area (Å²) in [5.41, 5.74) is 3.89. The van der Waals surface area contributed by atoms with Crippen LogP contribution in [0.2, 0.25) is 0 Å². The summed E-state index contributed by atoms with van der Waals surface area (Å²) in [6, 6.07) is 10.1. The molecule has 1 unspecified atom stereocenters. The second-order valence-electron chi connectivity index (χ2n) is 5.94. The number of phenols is 2. The largest absolute Gasteiger partial charge is 0.504 e. The SMILES string of the molecule is C/C=C/c1c(O)c(O)c(C(C)=O)c2c1C(c1ccccc1)CC2. The number of phenolic OH excluding ortho intramolecular Hbond substituents is 2. The molecular formula is C20H20O3. The van der Waals surface area contributed by atoms with Crippen molar-refractivity contribution in [1.29, 1.82) is 0 Å². The summed E-state index contributed by atoms with van der Waals surface area (Å²) in [7, 11) is 0. The fourth-order valence-corrected chi connectivity index (χ4v) is 3.64. The van der Waals surface area contributed by atoms with Crippen molar-refractivity contribution in [3.05, 3.63) is 64.2 Å². The average Bonchev–Trinajstić information content (AvgIpc) is 2.96. The van der Waals surface area contributed by atoms with E-state index in [4.69, 9.17) is 0 Å². The first-order valence-electron chi connectivity index (χ1n) is 7.85. The van der Waals surface area contributed by atoms with E-state index >= 15 is 0 Å². The van der Waals surface area contributed by atoms with Crippen LogP contribution >= 0.6 is 0 Å². The van der Waals surface area contributed by atoms with Crippen LogP contribution in [0.15, 0.2) is 36.4 Å². The van der Waals surface area contributed by atoms with Gasteiger partial charge in [0.25, 0.3) is 0 Å². The lowest BCUT2D eigenvalue weighted by atomic mass is 9.86. The third-order valence-corrected chi connectivity index (χ3v) is 4.55. The first kappa shape index (κ1) is 15.3. The molecule has 0 aliphatic heterocycles. The van der Waals surface area contributed by atoms with Gasteiger partial charge in [-0.3, -0.25) is 4.79 Å². The maximum absolute atomic E-state index is 12.0. The van der Waals surface area contributed by atoms with E-state index in [1.807, 2.05) is 31.2 Å². The number of rotatable bonds is 3. The smallest absolute Gasteiger partial charge is 0.169 e. The molecule has 118 valence electrons. The highest BCUT2D eigenvalue weighted by molar-refractivity contribution is 6.01. The fourth-order valence-electron chi connectivity index (χ4n) is 3.64. The molecule has 0 saturated heterocycles. The number of Topliss-reactive ketones (excluding diaryl/α,β-unsaturated/α-hetero) is 1. The van der Waals surface area contributed by atoms with E-state index in [1.165, 1.54) is 6.92 Å². The van der Waals surface area contributed by atoms with Gasteiger partial charge in [-0.1, -0.05) is 42.5 Å². The van der Waals surface area contributed by atoms with Crippen molar-refractivity contribution < 1.29 is 15.0 Å². The zero-order chi connectivity index (χ0) is 16.6. The third-order valence-electron chi connectivity index (χ3n) is 4.55. The van der Waals surface area contributed by atoms with Crippen LogP contribution in [-0.4, -0.2) is 16.0 Å². The van der Waals surface area contributed by atoms with Gasteiger partial charge in [0.1, 0.15) is 0 Å². The van der Waals surface area contributed by atoms with E-state index in [9.17, 15) is 15.0 Å². The Morgan fingerprint density at radius 3 is 2.48 bits per heavy atom. The molecule has 3 rings (SSSR count). The molecule has 3 nitrogen and oxygen atoms in total. The lowest BCUT2D eigenvalue weighted by Gasteiger charge is -2.19. The lowest BCUT2D eigenvalue weighted by molar-refractivity contribution is 0.101. The van der Waals surface area contributed by atoms with E-state index in [1.54, 1.807) is 6.08 Å². The monoisotopic (exact) mass is 308 g/mol. The summed E-state index contributed by atoms with van der Waals surface area (Å²) in [6.07, 6.45) is 5.23. The molecule has 2 aromatic carbocycles. The Kier molecular flexibility index (Phi) is 3.95. The molecule has 3 heteroatoms. The topological polar surface area (TPSA) is 57.5 Å². The summed E-state index contributed by atoms with van der Waals surface area (Å²) in [6.45, 7) is 3.30. The molecule has 0 bridgehead atoms. The molecule has 0 aromatic heterocycles. The summed E-state index contributed by atoms with van der Waals surface area (Å²) in [4.78, 5) is 12.0. The molecular weight excluding hydrogens is 288 g/mol. The van der Waals surface area contributed by atoms with Crippen molar-refractivity contribution in [1.82, 2.24) is 0 Å². The Balaban J connectivity index is 2.32. The maximum atomic E-state index is 12.0. The van der Waals surface area contributed by atoms with Gasteiger partial charge in [0, 0.05) is 11.5 Å². The van der Waals surface area contributed by atoms with Crippen molar-refractivity contribution in [2.75, 3.05) is 0 Å². The van der Waals surface area contributed by atoms with Gasteiger partial charge in [-0.15, -0.1) is 0 Å². The van der Waals surface area contributed by atoms with Gasteiger partial charge in [0.2, 0.25) is 0 Å². The number of aromatic hydroxyl groups is 2. The van der Waals surface area contributed by atoms with Crippen LogP contribution in [0.5, 0.6) is 11.5 Å². The van der Waals surface area contributed by atoms with Gasteiger partial charge in [0.05, 0.1) is 5.56 Å². The Labute approximate surface area is 135 Å².